The van der Waals surface area contributed by atoms with Crippen LogP contribution < -0.4 is 0 Å². The van der Waals surface area contributed by atoms with E-state index in [1.54, 1.807) is 25.3 Å². The Labute approximate surface area is 129 Å². The zero-order valence-corrected chi connectivity index (χ0v) is 14.8. The van der Waals surface area contributed by atoms with E-state index >= 15 is 0 Å². The summed E-state index contributed by atoms with van der Waals surface area (Å²) in [5.41, 5.74) is 3.28. The molecule has 0 aliphatic rings. The summed E-state index contributed by atoms with van der Waals surface area (Å²) >= 11 is 0. The molecule has 0 unspecified atom stereocenters. The van der Waals surface area contributed by atoms with Crippen molar-refractivity contribution < 1.29 is 4.79 Å². The number of rotatable bonds is 2. The number of carbonyl (C=O) groups is 1. The molecule has 1 aromatic carbocycles. The Balaban J connectivity index is 0. The first-order chi connectivity index (χ1) is 10.2. The second-order valence-corrected chi connectivity index (χ2v) is 3.47. The lowest BCUT2D eigenvalue weighted by atomic mass is 10.1. The van der Waals surface area contributed by atoms with Crippen molar-refractivity contribution in [1.82, 2.24) is 9.97 Å². The van der Waals surface area contributed by atoms with Gasteiger partial charge >= 0.3 is 0 Å². The van der Waals surface area contributed by atoms with Gasteiger partial charge in [-0.25, -0.2) is 4.98 Å². The van der Waals surface area contributed by atoms with Crippen molar-refractivity contribution in [2.24, 2.45) is 0 Å². The first-order valence-electron chi connectivity index (χ1n) is 7.97. The molecule has 0 bridgehead atoms. The number of aromatic nitrogens is 2. The predicted molar refractivity (Wildman–Crippen MR) is 93.0 cm³/mol. The molecule has 21 heavy (non-hydrogen) atoms. The number of benzene rings is 1. The molecule has 1 aromatic heterocycles. The molecular weight excluding hydrogens is 260 g/mol. The molecule has 3 heteroatoms. The molecule has 3 nitrogen and oxygen atoms in total. The van der Waals surface area contributed by atoms with E-state index in [9.17, 15) is 4.79 Å². The fourth-order valence-corrected chi connectivity index (χ4v) is 1.44. The maximum absolute atomic E-state index is 11.2. The number of fused-ring (bicyclic) bond motifs is 1. The molecule has 0 N–H and O–H groups in total. The fourth-order valence-electron chi connectivity index (χ4n) is 1.44. The second kappa shape index (κ2) is 13.2. The Morgan fingerprint density at radius 3 is 2.05 bits per heavy atom. The van der Waals surface area contributed by atoms with Crippen LogP contribution in [0.5, 0.6) is 0 Å². The average molecular weight is 290 g/mol. The van der Waals surface area contributed by atoms with Crippen molar-refractivity contribution in [1.29, 1.82) is 0 Å². The quantitative estimate of drug-likeness (QED) is 0.688. The van der Waals surface area contributed by atoms with Crippen LogP contribution in [0, 0.1) is 0 Å². The van der Waals surface area contributed by atoms with E-state index in [0.717, 1.165) is 23.1 Å². The number of aryl methyl sites for hydroxylation is 1. The van der Waals surface area contributed by atoms with Crippen molar-refractivity contribution in [2.45, 2.75) is 61.8 Å². The van der Waals surface area contributed by atoms with Crippen LogP contribution in [-0.4, -0.2) is 15.8 Å². The summed E-state index contributed by atoms with van der Waals surface area (Å²) in [5, 5.41) is 0. The van der Waals surface area contributed by atoms with Crippen LogP contribution in [0.3, 0.4) is 0 Å². The van der Waals surface area contributed by atoms with E-state index in [2.05, 4.69) is 9.97 Å². The number of hydrogen-bond donors (Lipinski definition) is 0. The molecule has 0 aliphatic heterocycles. The van der Waals surface area contributed by atoms with Gasteiger partial charge in [0.2, 0.25) is 0 Å². The molecule has 0 atom stereocenters. The van der Waals surface area contributed by atoms with Crippen LogP contribution in [0.15, 0.2) is 24.4 Å². The average Bonchev–Trinajstić information content (AvgIpc) is 2.59. The lowest BCUT2D eigenvalue weighted by Gasteiger charge is -2.01. The lowest BCUT2D eigenvalue weighted by Crippen LogP contribution is -1.95. The molecule has 0 amide bonds. The molecule has 2 aromatic rings. The van der Waals surface area contributed by atoms with Gasteiger partial charge < -0.3 is 0 Å². The highest BCUT2D eigenvalue weighted by atomic mass is 16.1. The highest BCUT2D eigenvalue weighted by Gasteiger charge is 2.03. The summed E-state index contributed by atoms with van der Waals surface area (Å²) in [7, 11) is 0. The van der Waals surface area contributed by atoms with Crippen molar-refractivity contribution in [3.63, 3.8) is 0 Å². The zero-order chi connectivity index (χ0) is 16.8. The van der Waals surface area contributed by atoms with Gasteiger partial charge in [0.1, 0.15) is 0 Å². The van der Waals surface area contributed by atoms with E-state index in [4.69, 9.17) is 0 Å². The minimum Gasteiger partial charge on any atom is -0.295 e. The Kier molecular flexibility index (Phi) is 13.6. The van der Waals surface area contributed by atoms with E-state index in [1.807, 2.05) is 54.5 Å². The normalized spacial score (nSPS) is 8.38. The number of Topliss-reactive ketones (excluding diaryl/α,β-unsaturated/α-hetero) is 1. The number of carbonyl (C=O) groups excluding carboxylic acids is 1. The van der Waals surface area contributed by atoms with Crippen LogP contribution in [0.25, 0.3) is 11.0 Å². The number of hydrogen-bond acceptors (Lipinski definition) is 3. The molecule has 0 aliphatic carbocycles. The van der Waals surface area contributed by atoms with E-state index in [0.29, 0.717) is 5.56 Å². The third-order valence-corrected chi connectivity index (χ3v) is 2.36. The van der Waals surface area contributed by atoms with Gasteiger partial charge in [0.05, 0.1) is 16.7 Å². The first-order valence-corrected chi connectivity index (χ1v) is 7.97. The van der Waals surface area contributed by atoms with Crippen LogP contribution in [-0.2, 0) is 6.42 Å². The SMILES string of the molecule is CC.CC.CC.CCc1cnc2cc(C(C)=O)ccc2n1. The van der Waals surface area contributed by atoms with Gasteiger partial charge in [-0.3, -0.25) is 9.78 Å². The van der Waals surface area contributed by atoms with Crippen LogP contribution in [0.4, 0.5) is 0 Å². The second-order valence-electron chi connectivity index (χ2n) is 3.47. The molecule has 0 fully saturated rings. The van der Waals surface area contributed by atoms with E-state index < -0.39 is 0 Å². The maximum atomic E-state index is 11.2. The summed E-state index contributed by atoms with van der Waals surface area (Å²) in [4.78, 5) is 19.9. The van der Waals surface area contributed by atoms with Crippen molar-refractivity contribution in [2.75, 3.05) is 0 Å². The largest absolute Gasteiger partial charge is 0.295 e. The minimum absolute atomic E-state index is 0.0540. The number of ketones is 1. The summed E-state index contributed by atoms with van der Waals surface area (Å²) in [6.45, 7) is 15.6. The standard InChI is InChI=1S/C12H12N2O.3C2H6/c1-3-10-7-13-12-6-9(8(2)15)4-5-11(12)14-10;3*1-2/h4-7H,3H2,1-2H3;3*1-2H3. The molecular formula is C18H30N2O. The molecule has 0 spiro atoms. The van der Waals surface area contributed by atoms with Crippen LogP contribution in [0.1, 0.15) is 71.4 Å². The third-order valence-electron chi connectivity index (χ3n) is 2.36. The van der Waals surface area contributed by atoms with Gasteiger partial charge in [-0.2, -0.15) is 0 Å². The van der Waals surface area contributed by atoms with Gasteiger partial charge in [0.15, 0.2) is 5.78 Å². The third kappa shape index (κ3) is 6.98. The lowest BCUT2D eigenvalue weighted by molar-refractivity contribution is 0.101. The predicted octanol–water partition coefficient (Wildman–Crippen LogP) is 5.47. The molecule has 0 radical (unpaired) electrons. The summed E-state index contributed by atoms with van der Waals surface area (Å²) in [5.74, 6) is 0.0540. The van der Waals surface area contributed by atoms with E-state index in [-0.39, 0.29) is 5.78 Å². The summed E-state index contributed by atoms with van der Waals surface area (Å²) in [6, 6.07) is 5.42. The number of nitrogens with zero attached hydrogens (tertiary/aromatic N) is 2. The zero-order valence-electron chi connectivity index (χ0n) is 14.8. The molecule has 1 heterocycles. The van der Waals surface area contributed by atoms with E-state index in [1.165, 1.54) is 0 Å². The van der Waals surface area contributed by atoms with Crippen LogP contribution >= 0.6 is 0 Å². The Hall–Kier alpha value is -1.77. The fraction of sp³-hybridized carbons (Fsp3) is 0.500. The Morgan fingerprint density at radius 2 is 1.57 bits per heavy atom. The first kappa shape index (κ1) is 21.5. The Bertz CT molecular complexity index is 522. The molecule has 0 saturated carbocycles. The van der Waals surface area contributed by atoms with Crippen molar-refractivity contribution >= 4 is 16.8 Å². The van der Waals surface area contributed by atoms with Crippen molar-refractivity contribution in [3.05, 3.63) is 35.7 Å². The summed E-state index contributed by atoms with van der Waals surface area (Å²) in [6.07, 6.45) is 2.63. The minimum atomic E-state index is 0.0540. The van der Waals surface area contributed by atoms with Gasteiger partial charge in [-0.15, -0.1) is 0 Å². The molecule has 118 valence electrons. The smallest absolute Gasteiger partial charge is 0.159 e. The highest BCUT2D eigenvalue weighted by Crippen LogP contribution is 2.12. The van der Waals surface area contributed by atoms with Gasteiger partial charge in [-0.05, 0) is 31.5 Å². The van der Waals surface area contributed by atoms with Crippen molar-refractivity contribution in [3.8, 4) is 0 Å². The van der Waals surface area contributed by atoms with Gasteiger partial charge in [-0.1, -0.05) is 48.5 Å². The summed E-state index contributed by atoms with van der Waals surface area (Å²) < 4.78 is 0. The monoisotopic (exact) mass is 290 g/mol. The maximum Gasteiger partial charge on any atom is 0.159 e. The topological polar surface area (TPSA) is 42.9 Å². The van der Waals surface area contributed by atoms with Gasteiger partial charge in [0.25, 0.3) is 0 Å². The van der Waals surface area contributed by atoms with Gasteiger partial charge in [0, 0.05) is 11.8 Å². The molecule has 0 saturated heterocycles. The molecule has 2 rings (SSSR count). The van der Waals surface area contributed by atoms with Crippen LogP contribution in [0.2, 0.25) is 0 Å². The highest BCUT2D eigenvalue weighted by molar-refractivity contribution is 5.97. The Morgan fingerprint density at radius 1 is 1.00 bits per heavy atom.